The first-order chi connectivity index (χ1) is 23.2. The number of halogens is 6. The van der Waals surface area contributed by atoms with Crippen molar-refractivity contribution < 1.29 is 31.1 Å². The van der Waals surface area contributed by atoms with Crippen LogP contribution in [0.4, 0.5) is 18.0 Å². The van der Waals surface area contributed by atoms with Crippen LogP contribution in [-0.4, -0.2) is 92.5 Å². The standard InChI is InChI=1S/C35H35Cl2F3N4O4S.ClH/c1-3-48-30-23-24(15-16-35(38,39)40)5-14-29(30)33-41-31(25-6-10-27(36)11-7-25)32(26-8-12-28(37)13-9-26)44(33)34(45)43-20-18-42(19-21-43)17-4-22-49(2,46)47;/h5-14,23,31-32H,3-4,17-22H2,1-2H3;1H/t31-,32+;/m0./s1. The van der Waals surface area contributed by atoms with E-state index in [1.807, 2.05) is 24.3 Å². The average Bonchev–Trinajstić information content (AvgIpc) is 3.44. The number of rotatable bonds is 9. The Hall–Kier alpha value is -3.47. The molecule has 15 heteroatoms. The van der Waals surface area contributed by atoms with Gasteiger partial charge in [-0.1, -0.05) is 53.4 Å². The summed E-state index contributed by atoms with van der Waals surface area (Å²) in [5.41, 5.74) is 2.07. The number of piperazine rings is 1. The maximum atomic E-state index is 14.7. The van der Waals surface area contributed by atoms with Crippen LogP contribution in [0.25, 0.3) is 0 Å². The van der Waals surface area contributed by atoms with Gasteiger partial charge < -0.3 is 9.64 Å². The second-order valence-corrected chi connectivity index (χ2v) is 14.9. The van der Waals surface area contributed by atoms with E-state index in [0.717, 1.165) is 11.1 Å². The number of nitrogens with zero attached hydrogens (tertiary/aromatic N) is 4. The number of aliphatic imine (C=N–C) groups is 1. The molecule has 2 heterocycles. The van der Waals surface area contributed by atoms with E-state index in [2.05, 4.69) is 10.8 Å². The third-order valence-corrected chi connectivity index (χ3v) is 9.73. The highest BCUT2D eigenvalue weighted by molar-refractivity contribution is 7.90. The van der Waals surface area contributed by atoms with Crippen LogP contribution in [0.3, 0.4) is 0 Å². The van der Waals surface area contributed by atoms with Gasteiger partial charge in [-0.15, -0.1) is 12.4 Å². The molecule has 0 N–H and O–H groups in total. The molecule has 5 rings (SSSR count). The Morgan fingerprint density at radius 1 is 0.960 bits per heavy atom. The predicted octanol–water partition coefficient (Wildman–Crippen LogP) is 7.44. The van der Waals surface area contributed by atoms with Crippen LogP contribution < -0.4 is 4.74 Å². The molecule has 0 spiro atoms. The lowest BCUT2D eigenvalue weighted by molar-refractivity contribution is -0.0696. The Balaban J connectivity index is 0.00000562. The van der Waals surface area contributed by atoms with E-state index in [0.29, 0.717) is 60.6 Å². The summed E-state index contributed by atoms with van der Waals surface area (Å²) >= 11 is 12.5. The molecule has 1 saturated heterocycles. The number of carbonyl (C=O) groups is 1. The lowest BCUT2D eigenvalue weighted by Gasteiger charge is -2.39. The average molecular weight is 772 g/mol. The van der Waals surface area contributed by atoms with Gasteiger partial charge in [0.15, 0.2) is 0 Å². The van der Waals surface area contributed by atoms with E-state index in [9.17, 15) is 26.4 Å². The van der Waals surface area contributed by atoms with Crippen molar-refractivity contribution in [3.63, 3.8) is 0 Å². The first-order valence-electron chi connectivity index (χ1n) is 15.7. The van der Waals surface area contributed by atoms with Gasteiger partial charge in [-0.2, -0.15) is 13.2 Å². The Morgan fingerprint density at radius 3 is 2.12 bits per heavy atom. The van der Waals surface area contributed by atoms with Crippen LogP contribution in [0.5, 0.6) is 5.75 Å². The van der Waals surface area contributed by atoms with Crippen molar-refractivity contribution >= 4 is 57.3 Å². The molecular formula is C35H36Cl3F3N4O4S. The highest BCUT2D eigenvalue weighted by atomic mass is 35.5. The molecule has 3 aromatic carbocycles. The third kappa shape index (κ3) is 10.1. The first-order valence-corrected chi connectivity index (χ1v) is 18.5. The van der Waals surface area contributed by atoms with Gasteiger partial charge in [0.25, 0.3) is 0 Å². The number of carbonyl (C=O) groups excluding carboxylic acids is 1. The minimum absolute atomic E-state index is 0. The summed E-state index contributed by atoms with van der Waals surface area (Å²) in [6.45, 7) is 4.44. The molecule has 0 saturated carbocycles. The fraction of sp³-hybridized carbons (Fsp3) is 0.371. The quantitative estimate of drug-likeness (QED) is 0.211. The number of hydrogen-bond donors (Lipinski definition) is 0. The summed E-state index contributed by atoms with van der Waals surface area (Å²) in [7, 11) is -3.07. The van der Waals surface area contributed by atoms with Gasteiger partial charge in [0, 0.05) is 54.0 Å². The van der Waals surface area contributed by atoms with Crippen LogP contribution in [-0.2, 0) is 9.84 Å². The molecule has 2 atom stereocenters. The molecule has 0 unspecified atom stereocenters. The summed E-state index contributed by atoms with van der Waals surface area (Å²) in [6.07, 6.45) is -2.95. The molecule has 3 aromatic rings. The summed E-state index contributed by atoms with van der Waals surface area (Å²) in [5.74, 6) is 4.06. The van der Waals surface area contributed by atoms with Crippen molar-refractivity contribution in [2.45, 2.75) is 31.6 Å². The van der Waals surface area contributed by atoms with Crippen molar-refractivity contribution in [1.82, 2.24) is 14.7 Å². The fourth-order valence-corrected chi connectivity index (χ4v) is 6.83. The zero-order valence-electron chi connectivity index (χ0n) is 27.3. The van der Waals surface area contributed by atoms with Gasteiger partial charge in [0.2, 0.25) is 0 Å². The second kappa shape index (κ2) is 16.7. The Bertz CT molecular complexity index is 1860. The molecule has 268 valence electrons. The fourth-order valence-electron chi connectivity index (χ4n) is 5.92. The van der Waals surface area contributed by atoms with Crippen molar-refractivity contribution in [3.05, 3.63) is 99.0 Å². The molecule has 8 nitrogen and oxygen atoms in total. The van der Waals surface area contributed by atoms with Crippen molar-refractivity contribution in [2.24, 2.45) is 4.99 Å². The Labute approximate surface area is 306 Å². The smallest absolute Gasteiger partial charge is 0.458 e. The lowest BCUT2D eigenvalue weighted by atomic mass is 9.93. The van der Waals surface area contributed by atoms with Crippen molar-refractivity contribution in [1.29, 1.82) is 0 Å². The van der Waals surface area contributed by atoms with Gasteiger partial charge >= 0.3 is 12.2 Å². The minimum Gasteiger partial charge on any atom is -0.493 e. The molecule has 0 aromatic heterocycles. The highest BCUT2D eigenvalue weighted by Gasteiger charge is 2.45. The first kappa shape index (κ1) is 39.3. The van der Waals surface area contributed by atoms with Gasteiger partial charge in [-0.25, -0.2) is 13.2 Å². The van der Waals surface area contributed by atoms with E-state index in [-0.39, 0.29) is 42.1 Å². The predicted molar refractivity (Wildman–Crippen MR) is 192 cm³/mol. The number of hydrogen-bond acceptors (Lipinski definition) is 6. The summed E-state index contributed by atoms with van der Waals surface area (Å²) < 4.78 is 67.9. The normalized spacial score (nSPS) is 18.2. The van der Waals surface area contributed by atoms with E-state index in [1.54, 1.807) is 47.1 Å². The molecule has 2 amide bonds. The monoisotopic (exact) mass is 770 g/mol. The molecule has 2 aliphatic rings. The number of alkyl halides is 3. The number of sulfone groups is 1. The van der Waals surface area contributed by atoms with Crippen molar-refractivity contribution in [2.75, 3.05) is 51.3 Å². The van der Waals surface area contributed by atoms with E-state index < -0.39 is 28.1 Å². The molecule has 0 aliphatic carbocycles. The zero-order valence-corrected chi connectivity index (χ0v) is 30.4. The lowest BCUT2D eigenvalue weighted by Crippen LogP contribution is -2.54. The Kier molecular flexibility index (Phi) is 13.1. The second-order valence-electron chi connectivity index (χ2n) is 11.8. The largest absolute Gasteiger partial charge is 0.493 e. The van der Waals surface area contributed by atoms with Crippen LogP contribution in [0.1, 0.15) is 47.7 Å². The number of ether oxygens (including phenoxy) is 1. The molecular weight excluding hydrogens is 736 g/mol. The van der Waals surface area contributed by atoms with E-state index in [4.69, 9.17) is 32.9 Å². The van der Waals surface area contributed by atoms with E-state index >= 15 is 0 Å². The molecule has 50 heavy (non-hydrogen) atoms. The van der Waals surface area contributed by atoms with Gasteiger partial charge in [0.1, 0.15) is 27.5 Å². The molecule has 0 bridgehead atoms. The number of benzene rings is 3. The van der Waals surface area contributed by atoms with E-state index in [1.165, 1.54) is 24.3 Å². The van der Waals surface area contributed by atoms with Crippen LogP contribution in [0, 0.1) is 11.8 Å². The molecule has 2 aliphatic heterocycles. The number of amidine groups is 1. The maximum absolute atomic E-state index is 14.7. The number of urea groups is 1. The minimum atomic E-state index is -4.67. The number of amides is 2. The third-order valence-electron chi connectivity index (χ3n) is 8.20. The maximum Gasteiger partial charge on any atom is 0.458 e. The van der Waals surface area contributed by atoms with Crippen LogP contribution in [0.15, 0.2) is 71.7 Å². The SMILES string of the molecule is CCOc1cc(C#CC(F)(F)F)ccc1C1=N[C@@H](c2ccc(Cl)cc2)[C@@H](c2ccc(Cl)cc2)N1C(=O)N1CCN(CCCS(C)(=O)=O)CC1.Cl. The Morgan fingerprint density at radius 2 is 1.56 bits per heavy atom. The summed E-state index contributed by atoms with van der Waals surface area (Å²) in [5, 5.41) is 1.05. The topological polar surface area (TPSA) is 82.5 Å². The highest BCUT2D eigenvalue weighted by Crippen LogP contribution is 2.45. The van der Waals surface area contributed by atoms with Crippen LogP contribution >= 0.6 is 35.6 Å². The van der Waals surface area contributed by atoms with Gasteiger partial charge in [-0.3, -0.25) is 14.8 Å². The zero-order chi connectivity index (χ0) is 35.3. The summed E-state index contributed by atoms with van der Waals surface area (Å²) in [6, 6.07) is 17.3. The van der Waals surface area contributed by atoms with Gasteiger partial charge in [-0.05, 0) is 73.5 Å². The molecule has 1 fully saturated rings. The van der Waals surface area contributed by atoms with Crippen molar-refractivity contribution in [3.8, 4) is 17.6 Å². The molecule has 0 radical (unpaired) electrons. The summed E-state index contributed by atoms with van der Waals surface area (Å²) in [4.78, 5) is 25.3. The van der Waals surface area contributed by atoms with Crippen LogP contribution in [0.2, 0.25) is 10.0 Å². The van der Waals surface area contributed by atoms with Gasteiger partial charge in [0.05, 0.1) is 24.0 Å².